The number of rotatable bonds is 10. The Labute approximate surface area is 206 Å². The molecule has 0 fully saturated rings. The van der Waals surface area contributed by atoms with Gasteiger partial charge in [0.1, 0.15) is 48.2 Å². The molecule has 0 aromatic heterocycles. The maximum atomic E-state index is 14.6. The summed E-state index contributed by atoms with van der Waals surface area (Å²) in [5, 5.41) is 0. The summed E-state index contributed by atoms with van der Waals surface area (Å²) in [7, 11) is 0. The number of hydrogen-bond donors (Lipinski definition) is 0. The quantitative estimate of drug-likeness (QED) is 0.185. The van der Waals surface area contributed by atoms with Crippen LogP contribution >= 0.6 is 0 Å². The van der Waals surface area contributed by atoms with Gasteiger partial charge in [0.15, 0.2) is 0 Å². The molecule has 36 heavy (non-hydrogen) atoms. The predicted molar refractivity (Wildman–Crippen MR) is 129 cm³/mol. The molecule has 6 nitrogen and oxygen atoms in total. The van der Waals surface area contributed by atoms with Crippen molar-refractivity contribution in [2.45, 2.75) is 0 Å². The van der Waals surface area contributed by atoms with Gasteiger partial charge in [-0.05, 0) is 35.4 Å². The molecule has 0 bridgehead atoms. The molecule has 0 spiro atoms. The molecular weight excluding hydrogens is 470 g/mol. The summed E-state index contributed by atoms with van der Waals surface area (Å²) in [4.78, 5) is 21.9. The smallest absolute Gasteiger partial charge is 0.335 e. The van der Waals surface area contributed by atoms with Crippen molar-refractivity contribution in [3.63, 3.8) is 0 Å². The number of carbonyl (C=O) groups is 2. The van der Waals surface area contributed by atoms with Crippen LogP contribution in [-0.2, 0) is 19.1 Å². The number of benzene rings is 3. The molecule has 0 N–H and O–H groups in total. The van der Waals surface area contributed by atoms with Crippen molar-refractivity contribution in [1.29, 1.82) is 0 Å². The Morgan fingerprint density at radius 3 is 1.33 bits per heavy atom. The van der Waals surface area contributed by atoms with Gasteiger partial charge in [0.2, 0.25) is 0 Å². The molecular formula is C28H20F2O6. The summed E-state index contributed by atoms with van der Waals surface area (Å²) in [6.45, 7) is 6.52. The van der Waals surface area contributed by atoms with Crippen LogP contribution in [0.25, 0.3) is 22.3 Å². The molecule has 0 saturated heterocycles. The molecule has 0 saturated carbocycles. The monoisotopic (exact) mass is 490 g/mol. The molecule has 0 amide bonds. The molecule has 3 aromatic rings. The zero-order valence-electron chi connectivity index (χ0n) is 18.9. The molecule has 0 atom stereocenters. The lowest BCUT2D eigenvalue weighted by molar-refractivity contribution is -0.133. The molecule has 8 heteroatoms. The second kappa shape index (κ2) is 12.5. The van der Waals surface area contributed by atoms with E-state index in [1.165, 1.54) is 24.3 Å². The lowest BCUT2D eigenvalue weighted by Crippen LogP contribution is -1.93. The van der Waals surface area contributed by atoms with Gasteiger partial charge >= 0.3 is 11.9 Å². The number of hydrogen-bond acceptors (Lipinski definition) is 6. The zero-order chi connectivity index (χ0) is 25.9. The molecule has 0 heterocycles. The highest BCUT2D eigenvalue weighted by atomic mass is 19.1. The molecule has 0 aliphatic rings. The fourth-order valence-corrected chi connectivity index (χ4v) is 2.93. The van der Waals surface area contributed by atoms with Crippen molar-refractivity contribution < 1.29 is 37.3 Å². The molecule has 0 unspecified atom stereocenters. The van der Waals surface area contributed by atoms with Gasteiger partial charge in [-0.15, -0.1) is 0 Å². The van der Waals surface area contributed by atoms with Gasteiger partial charge in [-0.1, -0.05) is 37.4 Å². The first kappa shape index (κ1) is 25.6. The van der Waals surface area contributed by atoms with Crippen LogP contribution in [0.4, 0.5) is 8.78 Å². The van der Waals surface area contributed by atoms with E-state index in [0.717, 1.165) is 37.2 Å². The number of esters is 2. The molecule has 3 rings (SSSR count). The van der Waals surface area contributed by atoms with Crippen molar-refractivity contribution in [3.05, 3.63) is 123 Å². The minimum absolute atomic E-state index is 0.205. The van der Waals surface area contributed by atoms with Crippen molar-refractivity contribution in [2.24, 2.45) is 0 Å². The Balaban J connectivity index is 1.67. The van der Waals surface area contributed by atoms with Crippen LogP contribution in [0.15, 0.2) is 111 Å². The van der Waals surface area contributed by atoms with Crippen LogP contribution in [0.3, 0.4) is 0 Å². The Kier molecular flexibility index (Phi) is 8.88. The van der Waals surface area contributed by atoms with E-state index in [1.807, 2.05) is 0 Å². The second-order valence-corrected chi connectivity index (χ2v) is 6.92. The molecule has 0 radical (unpaired) electrons. The van der Waals surface area contributed by atoms with Crippen molar-refractivity contribution in [3.8, 4) is 33.8 Å². The van der Waals surface area contributed by atoms with Gasteiger partial charge in [0.05, 0.1) is 0 Å². The number of halogens is 2. The van der Waals surface area contributed by atoms with Crippen molar-refractivity contribution in [1.82, 2.24) is 0 Å². The summed E-state index contributed by atoms with van der Waals surface area (Å²) < 4.78 is 48.9. The molecule has 182 valence electrons. The van der Waals surface area contributed by atoms with Gasteiger partial charge in [-0.2, -0.15) is 0 Å². The van der Waals surface area contributed by atoms with E-state index in [0.29, 0.717) is 22.3 Å². The standard InChI is InChI=1S/C28H20F2O6/c1-3-27(31)35-15-13-33-21-9-11-23(25(29)17-21)19-5-7-20(8-6-19)24-12-10-22(18-26(24)30)34-14-16-36-28(32)4-2/h3-18H,1-2H2/b15-13-,16-14-. The Bertz CT molecular complexity index is 1220. The van der Waals surface area contributed by atoms with Crippen LogP contribution < -0.4 is 9.47 Å². The highest BCUT2D eigenvalue weighted by Crippen LogP contribution is 2.31. The Morgan fingerprint density at radius 1 is 0.611 bits per heavy atom. The van der Waals surface area contributed by atoms with Crippen LogP contribution in [0.5, 0.6) is 11.5 Å². The summed E-state index contributed by atoms with van der Waals surface area (Å²) in [5.41, 5.74) is 1.81. The second-order valence-electron chi connectivity index (χ2n) is 6.92. The highest BCUT2D eigenvalue weighted by Gasteiger charge is 2.10. The minimum Gasteiger partial charge on any atom is -0.462 e. The largest absolute Gasteiger partial charge is 0.462 e. The van der Waals surface area contributed by atoms with Gasteiger partial charge in [-0.25, -0.2) is 18.4 Å². The third kappa shape index (κ3) is 7.01. The fraction of sp³-hybridized carbons (Fsp3) is 0. The van der Waals surface area contributed by atoms with Crippen molar-refractivity contribution in [2.75, 3.05) is 0 Å². The summed E-state index contributed by atoms with van der Waals surface area (Å²) >= 11 is 0. The summed E-state index contributed by atoms with van der Waals surface area (Å²) in [5.74, 6) is -1.95. The lowest BCUT2D eigenvalue weighted by Gasteiger charge is -2.09. The van der Waals surface area contributed by atoms with Gasteiger partial charge < -0.3 is 18.9 Å². The minimum atomic E-state index is -0.648. The summed E-state index contributed by atoms with van der Waals surface area (Å²) in [6, 6.07) is 15.2. The van der Waals surface area contributed by atoms with Crippen LogP contribution in [-0.4, -0.2) is 11.9 Å². The van der Waals surface area contributed by atoms with E-state index in [-0.39, 0.29) is 11.5 Å². The van der Waals surface area contributed by atoms with E-state index in [4.69, 9.17) is 9.47 Å². The first-order valence-electron chi connectivity index (χ1n) is 10.4. The van der Waals surface area contributed by atoms with Crippen LogP contribution in [0.1, 0.15) is 0 Å². The Hall–Kier alpha value is -4.98. The lowest BCUT2D eigenvalue weighted by atomic mass is 9.99. The van der Waals surface area contributed by atoms with Crippen LogP contribution in [0, 0.1) is 11.6 Å². The van der Waals surface area contributed by atoms with E-state index in [1.54, 1.807) is 36.4 Å². The van der Waals surface area contributed by atoms with E-state index in [9.17, 15) is 18.4 Å². The zero-order valence-corrected chi connectivity index (χ0v) is 18.9. The van der Waals surface area contributed by atoms with Gasteiger partial charge in [-0.3, -0.25) is 0 Å². The summed E-state index contributed by atoms with van der Waals surface area (Å²) in [6.07, 6.45) is 6.23. The number of carbonyl (C=O) groups excluding carboxylic acids is 2. The van der Waals surface area contributed by atoms with Gasteiger partial charge in [0.25, 0.3) is 0 Å². The third-order valence-electron chi connectivity index (χ3n) is 4.61. The average Bonchev–Trinajstić information content (AvgIpc) is 2.89. The highest BCUT2D eigenvalue weighted by molar-refractivity contribution is 5.82. The maximum Gasteiger partial charge on any atom is 0.335 e. The topological polar surface area (TPSA) is 71.1 Å². The SMILES string of the molecule is C=CC(=O)O/C=C\Oc1ccc(-c2ccc(-c3ccc(O/C=C\OC(=O)C=C)cc3F)cc2)c(F)c1. The van der Waals surface area contributed by atoms with Crippen LogP contribution in [0.2, 0.25) is 0 Å². The fourth-order valence-electron chi connectivity index (χ4n) is 2.93. The van der Waals surface area contributed by atoms with Crippen molar-refractivity contribution >= 4 is 11.9 Å². The Morgan fingerprint density at radius 2 is 1.00 bits per heavy atom. The number of ether oxygens (including phenoxy) is 4. The molecule has 0 aliphatic heterocycles. The molecule has 3 aromatic carbocycles. The van der Waals surface area contributed by atoms with Gasteiger partial charge in [0, 0.05) is 35.4 Å². The first-order chi connectivity index (χ1) is 17.4. The van der Waals surface area contributed by atoms with E-state index >= 15 is 0 Å². The predicted octanol–water partition coefficient (Wildman–Crippen LogP) is 6.46. The normalized spacial score (nSPS) is 10.7. The third-order valence-corrected chi connectivity index (χ3v) is 4.61. The van der Waals surface area contributed by atoms with E-state index < -0.39 is 23.6 Å². The average molecular weight is 490 g/mol. The first-order valence-corrected chi connectivity index (χ1v) is 10.4. The maximum absolute atomic E-state index is 14.6. The van der Waals surface area contributed by atoms with E-state index in [2.05, 4.69) is 22.6 Å². The molecule has 0 aliphatic carbocycles.